The molecule has 1 aliphatic rings. The van der Waals surface area contributed by atoms with E-state index in [-0.39, 0.29) is 11.8 Å². The van der Waals surface area contributed by atoms with E-state index < -0.39 is 0 Å². The van der Waals surface area contributed by atoms with Gasteiger partial charge in [-0.3, -0.25) is 4.79 Å². The molecule has 1 heterocycles. The van der Waals surface area contributed by atoms with Gasteiger partial charge in [0.1, 0.15) is 0 Å². The SMILES string of the molecule is O=C(Nc1nc(-c2ccc(Cl)cc2)c(-c2ccc(Cl)cc2Cl)s1)C1CCCCC1. The first-order valence-electron chi connectivity index (χ1n) is 9.54. The minimum Gasteiger partial charge on any atom is -0.302 e. The zero-order valence-electron chi connectivity index (χ0n) is 15.6. The first kappa shape index (κ1) is 20.7. The summed E-state index contributed by atoms with van der Waals surface area (Å²) >= 11 is 20.0. The average molecular weight is 466 g/mol. The van der Waals surface area contributed by atoms with E-state index in [0.717, 1.165) is 47.4 Å². The van der Waals surface area contributed by atoms with E-state index >= 15 is 0 Å². The van der Waals surface area contributed by atoms with Crippen molar-refractivity contribution in [1.82, 2.24) is 4.98 Å². The lowest BCUT2D eigenvalue weighted by Crippen LogP contribution is -2.24. The Labute approximate surface area is 189 Å². The summed E-state index contributed by atoms with van der Waals surface area (Å²) in [5.41, 5.74) is 2.50. The Bertz CT molecular complexity index is 1030. The van der Waals surface area contributed by atoms with Gasteiger partial charge in [0.2, 0.25) is 5.91 Å². The smallest absolute Gasteiger partial charge is 0.229 e. The van der Waals surface area contributed by atoms with Crippen molar-refractivity contribution >= 4 is 57.2 Å². The van der Waals surface area contributed by atoms with Crippen LogP contribution in [0.25, 0.3) is 21.7 Å². The third-order valence-electron chi connectivity index (χ3n) is 5.13. The molecule has 0 radical (unpaired) electrons. The second kappa shape index (κ2) is 9.05. The van der Waals surface area contributed by atoms with Gasteiger partial charge in [0.15, 0.2) is 5.13 Å². The number of carbonyl (C=O) groups excluding carboxylic acids is 1. The number of halogens is 3. The molecule has 0 aliphatic heterocycles. The Morgan fingerprint density at radius 1 is 0.966 bits per heavy atom. The van der Waals surface area contributed by atoms with Crippen molar-refractivity contribution < 1.29 is 4.79 Å². The van der Waals surface area contributed by atoms with Crippen LogP contribution in [0.4, 0.5) is 5.13 Å². The molecule has 1 aliphatic carbocycles. The van der Waals surface area contributed by atoms with Gasteiger partial charge in [0, 0.05) is 27.1 Å². The second-order valence-electron chi connectivity index (χ2n) is 7.15. The predicted molar refractivity (Wildman–Crippen MR) is 123 cm³/mol. The van der Waals surface area contributed by atoms with Gasteiger partial charge in [-0.05, 0) is 37.1 Å². The highest BCUT2D eigenvalue weighted by Crippen LogP contribution is 2.43. The summed E-state index contributed by atoms with van der Waals surface area (Å²) in [6.45, 7) is 0. The minimum atomic E-state index is 0.0508. The largest absolute Gasteiger partial charge is 0.302 e. The lowest BCUT2D eigenvalue weighted by atomic mass is 9.89. The van der Waals surface area contributed by atoms with Gasteiger partial charge in [-0.25, -0.2) is 4.98 Å². The predicted octanol–water partition coefficient (Wildman–Crippen LogP) is 7.96. The Balaban J connectivity index is 1.72. The average Bonchev–Trinajstić information content (AvgIpc) is 3.12. The monoisotopic (exact) mass is 464 g/mol. The standard InChI is InChI=1S/C22H19Cl3N2OS/c23-15-8-6-13(7-9-15)19-20(17-11-10-16(24)12-18(17)25)29-22(26-19)27-21(28)14-4-2-1-3-5-14/h6-12,14H,1-5H2,(H,26,27,28). The molecule has 0 bridgehead atoms. The van der Waals surface area contributed by atoms with Crippen LogP contribution < -0.4 is 5.32 Å². The number of aromatic nitrogens is 1. The number of rotatable bonds is 4. The lowest BCUT2D eigenvalue weighted by Gasteiger charge is -2.19. The quantitative estimate of drug-likeness (QED) is 0.424. The van der Waals surface area contributed by atoms with Gasteiger partial charge in [-0.2, -0.15) is 0 Å². The van der Waals surface area contributed by atoms with E-state index in [9.17, 15) is 4.79 Å². The van der Waals surface area contributed by atoms with Crippen LogP contribution in [0, 0.1) is 5.92 Å². The highest BCUT2D eigenvalue weighted by atomic mass is 35.5. The van der Waals surface area contributed by atoms with Gasteiger partial charge < -0.3 is 5.32 Å². The van der Waals surface area contributed by atoms with E-state index in [1.807, 2.05) is 30.3 Å². The Morgan fingerprint density at radius 3 is 2.34 bits per heavy atom. The van der Waals surface area contributed by atoms with E-state index in [1.165, 1.54) is 17.8 Å². The molecule has 0 atom stereocenters. The number of hydrogen-bond donors (Lipinski definition) is 1. The molecule has 2 aromatic carbocycles. The van der Waals surface area contributed by atoms with Crippen LogP contribution in [-0.4, -0.2) is 10.9 Å². The highest BCUT2D eigenvalue weighted by molar-refractivity contribution is 7.19. The first-order valence-corrected chi connectivity index (χ1v) is 11.5. The molecule has 0 saturated heterocycles. The van der Waals surface area contributed by atoms with Crippen LogP contribution in [0.2, 0.25) is 15.1 Å². The number of thiazole rings is 1. The van der Waals surface area contributed by atoms with E-state index in [4.69, 9.17) is 39.8 Å². The van der Waals surface area contributed by atoms with Crippen LogP contribution in [0.3, 0.4) is 0 Å². The number of nitrogens with one attached hydrogen (secondary N) is 1. The summed E-state index contributed by atoms with van der Waals surface area (Å²) in [6.07, 6.45) is 5.31. The minimum absolute atomic E-state index is 0.0508. The van der Waals surface area contributed by atoms with Crippen LogP contribution in [-0.2, 0) is 4.79 Å². The molecule has 1 saturated carbocycles. The second-order valence-corrected chi connectivity index (χ2v) is 9.43. The van der Waals surface area contributed by atoms with Crippen LogP contribution >= 0.6 is 46.1 Å². The van der Waals surface area contributed by atoms with Crippen LogP contribution in [0.5, 0.6) is 0 Å². The summed E-state index contributed by atoms with van der Waals surface area (Å²) in [4.78, 5) is 18.3. The molecule has 29 heavy (non-hydrogen) atoms. The van der Waals surface area contributed by atoms with E-state index in [0.29, 0.717) is 20.2 Å². The zero-order chi connectivity index (χ0) is 20.4. The number of benzene rings is 2. The summed E-state index contributed by atoms with van der Waals surface area (Å²) in [6, 6.07) is 12.9. The fourth-order valence-corrected chi connectivity index (χ4v) is 5.32. The van der Waals surface area contributed by atoms with Crippen molar-refractivity contribution in [1.29, 1.82) is 0 Å². The van der Waals surface area contributed by atoms with Gasteiger partial charge in [0.05, 0.1) is 15.6 Å². The molecule has 150 valence electrons. The van der Waals surface area contributed by atoms with Crippen LogP contribution in [0.1, 0.15) is 32.1 Å². The molecule has 0 unspecified atom stereocenters. The summed E-state index contributed by atoms with van der Waals surface area (Å²) in [7, 11) is 0. The maximum absolute atomic E-state index is 12.7. The van der Waals surface area contributed by atoms with Gasteiger partial charge in [-0.1, -0.05) is 83.6 Å². The van der Waals surface area contributed by atoms with Crippen molar-refractivity contribution in [3.63, 3.8) is 0 Å². The number of anilines is 1. The van der Waals surface area contributed by atoms with Crippen molar-refractivity contribution in [3.05, 3.63) is 57.5 Å². The van der Waals surface area contributed by atoms with Crippen molar-refractivity contribution in [2.45, 2.75) is 32.1 Å². The van der Waals surface area contributed by atoms with Crippen LogP contribution in [0.15, 0.2) is 42.5 Å². The van der Waals surface area contributed by atoms with Gasteiger partial charge in [-0.15, -0.1) is 0 Å². The number of carbonyl (C=O) groups is 1. The maximum Gasteiger partial charge on any atom is 0.229 e. The molecular formula is C22H19Cl3N2OS. The first-order chi connectivity index (χ1) is 14.0. The zero-order valence-corrected chi connectivity index (χ0v) is 18.6. The molecule has 3 nitrogen and oxygen atoms in total. The topological polar surface area (TPSA) is 42.0 Å². The van der Waals surface area contributed by atoms with E-state index in [2.05, 4.69) is 5.32 Å². The summed E-state index contributed by atoms with van der Waals surface area (Å²) in [5, 5.41) is 5.37. The third kappa shape index (κ3) is 4.77. The molecule has 1 N–H and O–H groups in total. The lowest BCUT2D eigenvalue weighted by molar-refractivity contribution is -0.120. The Morgan fingerprint density at radius 2 is 1.66 bits per heavy atom. The summed E-state index contributed by atoms with van der Waals surface area (Å²) in [5.74, 6) is 0.115. The molecule has 3 aromatic rings. The number of hydrogen-bond acceptors (Lipinski definition) is 3. The van der Waals surface area contributed by atoms with Crippen molar-refractivity contribution in [2.24, 2.45) is 5.92 Å². The Hall–Kier alpha value is -1.59. The molecule has 4 rings (SSSR count). The molecular weight excluding hydrogens is 447 g/mol. The molecule has 0 spiro atoms. The van der Waals surface area contributed by atoms with Crippen molar-refractivity contribution in [3.8, 4) is 21.7 Å². The normalized spacial score (nSPS) is 14.7. The van der Waals surface area contributed by atoms with Crippen molar-refractivity contribution in [2.75, 3.05) is 5.32 Å². The maximum atomic E-state index is 12.7. The molecule has 1 aromatic heterocycles. The fourth-order valence-electron chi connectivity index (χ4n) is 3.61. The summed E-state index contributed by atoms with van der Waals surface area (Å²) < 4.78 is 0. The number of nitrogens with zero attached hydrogens (tertiary/aromatic N) is 1. The van der Waals surface area contributed by atoms with E-state index in [1.54, 1.807) is 12.1 Å². The van der Waals surface area contributed by atoms with Gasteiger partial charge in [0.25, 0.3) is 0 Å². The third-order valence-corrected chi connectivity index (χ3v) is 6.93. The number of amides is 1. The molecule has 1 fully saturated rings. The fraction of sp³-hybridized carbons (Fsp3) is 0.273. The highest BCUT2D eigenvalue weighted by Gasteiger charge is 2.24. The van der Waals surface area contributed by atoms with Gasteiger partial charge >= 0.3 is 0 Å². The molecule has 1 amide bonds. The Kier molecular flexibility index (Phi) is 6.45. The molecule has 7 heteroatoms.